The van der Waals surface area contributed by atoms with Gasteiger partial charge in [0, 0.05) is 22.8 Å². The minimum atomic E-state index is -4.83. The molecule has 0 bridgehead atoms. The van der Waals surface area contributed by atoms with Crippen LogP contribution in [-0.2, 0) is 30.2 Å². The summed E-state index contributed by atoms with van der Waals surface area (Å²) >= 11 is 0.717. The molecule has 1 rings (SSSR count). The summed E-state index contributed by atoms with van der Waals surface area (Å²) in [4.78, 5) is 0. The molecule has 1 heterocycles. The Morgan fingerprint density at radius 3 is 2.42 bits per heavy atom. The molecule has 6 atom stereocenters. The lowest BCUT2D eigenvalue weighted by Crippen LogP contribution is -2.57. The predicted molar refractivity (Wildman–Crippen MR) is 94.2 cm³/mol. The minimum Gasteiger partial charge on any atom is -0.394 e. The van der Waals surface area contributed by atoms with E-state index in [2.05, 4.69) is 9.44 Å². The molecular formula is C12H23NO10S3. The molecule has 0 aromatic heterocycles. The quantitative estimate of drug-likeness (QED) is 0.0901. The van der Waals surface area contributed by atoms with E-state index in [1.54, 1.807) is 6.26 Å². The van der Waals surface area contributed by atoms with E-state index in [0.29, 0.717) is 18.6 Å². The van der Waals surface area contributed by atoms with Crippen LogP contribution in [0.1, 0.15) is 19.3 Å². The number of thioether (sulfide) groups is 1. The first kappa shape index (κ1) is 23.7. The molecule has 0 aliphatic carbocycles. The summed E-state index contributed by atoms with van der Waals surface area (Å²) in [6.07, 6.45) is -3.09. The number of aliphatic hydroxyl groups is 4. The van der Waals surface area contributed by atoms with Gasteiger partial charge in [-0.15, -0.1) is 0 Å². The molecule has 0 radical (unpaired) electrons. The SMILES string of the molecule is CS(=O)CCCC/C(=N\OS(=O)(=O)O)SC1OC(CO)C(O)C(O)C1O. The Hall–Kier alpha value is -0.320. The summed E-state index contributed by atoms with van der Waals surface area (Å²) < 4.78 is 50.4. The molecule has 14 heteroatoms. The van der Waals surface area contributed by atoms with Gasteiger partial charge in [-0.3, -0.25) is 8.76 Å². The van der Waals surface area contributed by atoms with Crippen LogP contribution in [0.4, 0.5) is 0 Å². The van der Waals surface area contributed by atoms with Crippen molar-refractivity contribution in [1.82, 2.24) is 0 Å². The molecule has 1 fully saturated rings. The number of hydrogen-bond acceptors (Lipinski definition) is 11. The van der Waals surface area contributed by atoms with Crippen molar-refractivity contribution in [3.05, 3.63) is 0 Å². The first-order valence-corrected chi connectivity index (χ1v) is 11.5. The molecule has 154 valence electrons. The lowest BCUT2D eigenvalue weighted by Gasteiger charge is -2.39. The van der Waals surface area contributed by atoms with Crippen LogP contribution in [0, 0.1) is 0 Å². The van der Waals surface area contributed by atoms with Gasteiger partial charge in [0.25, 0.3) is 0 Å². The van der Waals surface area contributed by atoms with Gasteiger partial charge in [0.1, 0.15) is 34.9 Å². The van der Waals surface area contributed by atoms with E-state index in [4.69, 9.17) is 14.4 Å². The average molecular weight is 438 g/mol. The van der Waals surface area contributed by atoms with Gasteiger partial charge >= 0.3 is 10.4 Å². The summed E-state index contributed by atoms with van der Waals surface area (Å²) in [6, 6.07) is 0. The van der Waals surface area contributed by atoms with E-state index in [9.17, 15) is 27.9 Å². The molecule has 26 heavy (non-hydrogen) atoms. The molecule has 11 nitrogen and oxygen atoms in total. The van der Waals surface area contributed by atoms with Crippen molar-refractivity contribution in [3.63, 3.8) is 0 Å². The van der Waals surface area contributed by atoms with Crippen molar-refractivity contribution in [2.45, 2.75) is 49.1 Å². The highest BCUT2D eigenvalue weighted by molar-refractivity contribution is 8.14. The van der Waals surface area contributed by atoms with Crippen molar-refractivity contribution < 1.29 is 46.6 Å². The normalized spacial score (nSPS) is 31.6. The molecule has 0 aromatic carbocycles. The summed E-state index contributed by atoms with van der Waals surface area (Å²) in [7, 11) is -5.83. The fraction of sp³-hybridized carbons (Fsp3) is 0.917. The molecule has 0 aromatic rings. The van der Waals surface area contributed by atoms with Gasteiger partial charge in [-0.25, -0.2) is 4.28 Å². The van der Waals surface area contributed by atoms with Crippen LogP contribution < -0.4 is 0 Å². The van der Waals surface area contributed by atoms with Crippen molar-refractivity contribution >= 4 is 38.0 Å². The molecule has 0 spiro atoms. The number of aliphatic hydroxyl groups excluding tert-OH is 4. The number of hydrogen-bond donors (Lipinski definition) is 5. The van der Waals surface area contributed by atoms with Gasteiger partial charge in [0.2, 0.25) is 0 Å². The van der Waals surface area contributed by atoms with Gasteiger partial charge in [0.15, 0.2) is 0 Å². The standard InChI is InChI=1S/C12H23NO10S3/c1-25(18)5-3-2-4-8(13-23-26(19,20)21)24-12-11(17)10(16)9(15)7(6-14)22-12/h7,9-12,14-17H,2-6H2,1H3,(H,19,20,21)/b13-8+. The molecular weight excluding hydrogens is 414 g/mol. The second kappa shape index (κ2) is 10.9. The maximum atomic E-state index is 11.1. The molecule has 0 saturated carbocycles. The number of unbranched alkanes of at least 4 members (excludes halogenated alkanes) is 1. The molecule has 1 aliphatic heterocycles. The van der Waals surface area contributed by atoms with Crippen LogP contribution in [0.2, 0.25) is 0 Å². The molecule has 5 N–H and O–H groups in total. The first-order chi connectivity index (χ1) is 12.0. The van der Waals surface area contributed by atoms with E-state index in [1.165, 1.54) is 0 Å². The van der Waals surface area contributed by atoms with Gasteiger partial charge < -0.3 is 25.2 Å². The number of rotatable bonds is 9. The van der Waals surface area contributed by atoms with Crippen LogP contribution in [0.5, 0.6) is 0 Å². The van der Waals surface area contributed by atoms with Crippen LogP contribution in [0.3, 0.4) is 0 Å². The fourth-order valence-corrected chi connectivity index (χ4v) is 4.05. The topological polar surface area (TPSA) is 183 Å². The van der Waals surface area contributed by atoms with E-state index in [1.807, 2.05) is 0 Å². The Balaban J connectivity index is 2.80. The Labute approximate surface area is 157 Å². The first-order valence-electron chi connectivity index (χ1n) is 7.55. The molecule has 6 unspecified atom stereocenters. The summed E-state index contributed by atoms with van der Waals surface area (Å²) in [5.74, 6) is 0.428. The van der Waals surface area contributed by atoms with Gasteiger partial charge in [-0.2, -0.15) is 8.42 Å². The largest absolute Gasteiger partial charge is 0.466 e. The van der Waals surface area contributed by atoms with Gasteiger partial charge in [0.05, 0.1) is 6.61 Å². The Morgan fingerprint density at radius 2 is 1.88 bits per heavy atom. The zero-order valence-corrected chi connectivity index (χ0v) is 16.3. The van der Waals surface area contributed by atoms with Crippen LogP contribution in [0.15, 0.2) is 5.16 Å². The third kappa shape index (κ3) is 8.14. The maximum absolute atomic E-state index is 11.1. The second-order valence-electron chi connectivity index (χ2n) is 5.54. The summed E-state index contributed by atoms with van der Waals surface area (Å²) in [6.45, 7) is -0.613. The average Bonchev–Trinajstić information content (AvgIpc) is 2.55. The van der Waals surface area contributed by atoms with Crippen molar-refractivity contribution in [3.8, 4) is 0 Å². The van der Waals surface area contributed by atoms with E-state index < -0.39 is 57.7 Å². The number of oxime groups is 1. The van der Waals surface area contributed by atoms with Crippen molar-refractivity contribution in [2.24, 2.45) is 5.16 Å². The van der Waals surface area contributed by atoms with Crippen molar-refractivity contribution in [2.75, 3.05) is 18.6 Å². The highest BCUT2D eigenvalue weighted by atomic mass is 32.3. The zero-order chi connectivity index (χ0) is 19.9. The monoisotopic (exact) mass is 437 g/mol. The summed E-state index contributed by atoms with van der Waals surface area (Å²) in [5.41, 5.74) is -1.17. The predicted octanol–water partition coefficient (Wildman–Crippen LogP) is -1.80. The number of ether oxygens (including phenoxy) is 1. The van der Waals surface area contributed by atoms with Crippen LogP contribution >= 0.6 is 11.8 Å². The Morgan fingerprint density at radius 1 is 1.23 bits per heavy atom. The lowest BCUT2D eigenvalue weighted by molar-refractivity contribution is -0.205. The zero-order valence-electron chi connectivity index (χ0n) is 13.9. The van der Waals surface area contributed by atoms with E-state index >= 15 is 0 Å². The summed E-state index contributed by atoms with van der Waals surface area (Å²) in [5, 5.41) is 42.0. The molecule has 0 amide bonds. The molecule has 1 aliphatic rings. The number of nitrogens with zero attached hydrogens (tertiary/aromatic N) is 1. The lowest BCUT2D eigenvalue weighted by atomic mass is 10.0. The van der Waals surface area contributed by atoms with Gasteiger partial charge in [-0.05, 0) is 19.3 Å². The minimum absolute atomic E-state index is 0.0221. The smallest absolute Gasteiger partial charge is 0.394 e. The fourth-order valence-electron chi connectivity index (χ4n) is 2.10. The third-order valence-electron chi connectivity index (χ3n) is 3.41. The van der Waals surface area contributed by atoms with E-state index in [-0.39, 0.29) is 11.5 Å². The highest BCUT2D eigenvalue weighted by Crippen LogP contribution is 2.30. The Kier molecular flexibility index (Phi) is 9.92. The van der Waals surface area contributed by atoms with Crippen molar-refractivity contribution in [1.29, 1.82) is 0 Å². The van der Waals surface area contributed by atoms with Crippen LogP contribution in [0.25, 0.3) is 0 Å². The second-order valence-corrected chi connectivity index (χ2v) is 9.27. The molecule has 1 saturated heterocycles. The highest BCUT2D eigenvalue weighted by Gasteiger charge is 2.44. The maximum Gasteiger partial charge on any atom is 0.466 e. The van der Waals surface area contributed by atoms with Crippen LogP contribution in [-0.4, -0.2) is 91.1 Å². The third-order valence-corrected chi connectivity index (χ3v) is 5.71. The van der Waals surface area contributed by atoms with Gasteiger partial charge in [-0.1, -0.05) is 16.9 Å². The Bertz CT molecular complexity index is 596. The van der Waals surface area contributed by atoms with E-state index in [0.717, 1.165) is 11.8 Å².